The van der Waals surface area contributed by atoms with E-state index < -0.39 is 0 Å². The van der Waals surface area contributed by atoms with Gasteiger partial charge in [-0.05, 0) is 47.5 Å². The second kappa shape index (κ2) is 6.84. The normalized spacial score (nSPS) is 16.0. The number of amides is 2. The topological polar surface area (TPSA) is 54.5 Å². The van der Waals surface area contributed by atoms with Crippen molar-refractivity contribution in [3.63, 3.8) is 0 Å². The lowest BCUT2D eigenvalue weighted by molar-refractivity contribution is -0.113. The van der Waals surface area contributed by atoms with Gasteiger partial charge in [0.05, 0.1) is 10.6 Å². The molecule has 0 spiro atoms. The molecule has 1 saturated heterocycles. The minimum atomic E-state index is -0.325. The third-order valence-electron chi connectivity index (χ3n) is 3.77. The smallest absolute Gasteiger partial charge is 0.298 e. The molecule has 0 saturated carbocycles. The largest absolute Gasteiger partial charge is 0.298 e. The van der Waals surface area contributed by atoms with Crippen LogP contribution in [0.4, 0.5) is 10.5 Å². The SMILES string of the molecule is CCc1ccc(N2C(=O)S/C(=C/c3ccc(C=O)cc3)C2=O)cc1. The van der Waals surface area contributed by atoms with E-state index in [1.807, 2.05) is 19.1 Å². The van der Waals surface area contributed by atoms with Gasteiger partial charge in [0, 0.05) is 5.56 Å². The number of carbonyl (C=O) groups excluding carboxylic acids is 3. The molecule has 0 aromatic heterocycles. The first-order valence-electron chi connectivity index (χ1n) is 7.54. The number of anilines is 1. The summed E-state index contributed by atoms with van der Waals surface area (Å²) in [6.07, 6.45) is 3.33. The molecule has 0 aliphatic carbocycles. The Morgan fingerprint density at radius 3 is 2.17 bits per heavy atom. The van der Waals surface area contributed by atoms with Crippen LogP contribution in [0.15, 0.2) is 53.4 Å². The fourth-order valence-corrected chi connectivity index (χ4v) is 3.23. The minimum Gasteiger partial charge on any atom is -0.298 e. The maximum atomic E-state index is 12.6. The number of thioether (sulfide) groups is 1. The number of hydrogen-bond donors (Lipinski definition) is 0. The maximum absolute atomic E-state index is 12.6. The Labute approximate surface area is 144 Å². The number of aryl methyl sites for hydroxylation is 1. The molecule has 3 rings (SSSR count). The molecule has 5 heteroatoms. The zero-order chi connectivity index (χ0) is 17.1. The minimum absolute atomic E-state index is 0.306. The maximum Gasteiger partial charge on any atom is 0.298 e. The van der Waals surface area contributed by atoms with Gasteiger partial charge < -0.3 is 0 Å². The Bertz CT molecular complexity index is 823. The van der Waals surface area contributed by atoms with Crippen molar-refractivity contribution in [3.05, 3.63) is 70.1 Å². The predicted octanol–water partition coefficient (Wildman–Crippen LogP) is 4.30. The van der Waals surface area contributed by atoms with Gasteiger partial charge in [-0.25, -0.2) is 4.90 Å². The summed E-state index contributed by atoms with van der Waals surface area (Å²) in [5.41, 5.74) is 3.06. The van der Waals surface area contributed by atoms with E-state index in [-0.39, 0.29) is 11.1 Å². The molecule has 1 aliphatic heterocycles. The fourth-order valence-electron chi connectivity index (χ4n) is 2.39. The van der Waals surface area contributed by atoms with Crippen LogP contribution in [-0.4, -0.2) is 17.4 Å². The van der Waals surface area contributed by atoms with Crippen molar-refractivity contribution in [2.24, 2.45) is 0 Å². The molecule has 2 amide bonds. The first kappa shape index (κ1) is 16.2. The molecular formula is C19H15NO3S. The Morgan fingerprint density at radius 2 is 1.58 bits per heavy atom. The highest BCUT2D eigenvalue weighted by molar-refractivity contribution is 8.19. The summed E-state index contributed by atoms with van der Waals surface area (Å²) >= 11 is 0.920. The highest BCUT2D eigenvalue weighted by atomic mass is 32.2. The molecule has 0 bridgehead atoms. The second-order valence-corrected chi connectivity index (χ2v) is 6.31. The highest BCUT2D eigenvalue weighted by Gasteiger charge is 2.36. The van der Waals surface area contributed by atoms with Crippen molar-refractivity contribution < 1.29 is 14.4 Å². The van der Waals surface area contributed by atoms with Gasteiger partial charge in [-0.1, -0.05) is 43.3 Å². The molecule has 2 aromatic carbocycles. The predicted molar refractivity (Wildman–Crippen MR) is 96.1 cm³/mol. The standard InChI is InChI=1S/C19H15NO3S/c1-2-13-7-9-16(10-8-13)20-18(22)17(24-19(20)23)11-14-3-5-15(12-21)6-4-14/h3-12H,2H2,1H3/b17-11+. The van der Waals surface area contributed by atoms with Crippen LogP contribution < -0.4 is 4.90 Å². The second-order valence-electron chi connectivity index (χ2n) is 5.32. The summed E-state index contributed by atoms with van der Waals surface area (Å²) in [6.45, 7) is 2.05. The highest BCUT2D eigenvalue weighted by Crippen LogP contribution is 2.35. The molecule has 24 heavy (non-hydrogen) atoms. The molecule has 1 aliphatic rings. The number of hydrogen-bond acceptors (Lipinski definition) is 4. The van der Waals surface area contributed by atoms with Gasteiger partial charge in [0.1, 0.15) is 6.29 Å². The summed E-state index contributed by atoms with van der Waals surface area (Å²) in [5.74, 6) is -0.325. The molecule has 0 radical (unpaired) electrons. The summed E-state index contributed by atoms with van der Waals surface area (Å²) in [4.78, 5) is 37.0. The number of nitrogens with zero attached hydrogens (tertiary/aromatic N) is 1. The number of benzene rings is 2. The summed E-state index contributed by atoms with van der Waals surface area (Å²) in [7, 11) is 0. The monoisotopic (exact) mass is 337 g/mol. The van der Waals surface area contributed by atoms with Crippen LogP contribution in [-0.2, 0) is 11.2 Å². The molecule has 4 nitrogen and oxygen atoms in total. The van der Waals surface area contributed by atoms with Crippen molar-refractivity contribution in [1.82, 2.24) is 0 Å². The van der Waals surface area contributed by atoms with Gasteiger partial charge in [0.25, 0.3) is 11.1 Å². The van der Waals surface area contributed by atoms with Crippen molar-refractivity contribution in [2.75, 3.05) is 4.90 Å². The lowest BCUT2D eigenvalue weighted by atomic mass is 10.1. The Balaban J connectivity index is 1.87. The van der Waals surface area contributed by atoms with Gasteiger partial charge in [-0.15, -0.1) is 0 Å². The van der Waals surface area contributed by atoms with Crippen LogP contribution in [0.3, 0.4) is 0 Å². The summed E-state index contributed by atoms with van der Waals surface area (Å²) < 4.78 is 0. The van der Waals surface area contributed by atoms with E-state index >= 15 is 0 Å². The average Bonchev–Trinajstić information content (AvgIpc) is 2.89. The Hall–Kier alpha value is -2.66. The molecule has 0 N–H and O–H groups in total. The van der Waals surface area contributed by atoms with Crippen molar-refractivity contribution in [1.29, 1.82) is 0 Å². The van der Waals surface area contributed by atoms with Gasteiger partial charge in [-0.2, -0.15) is 0 Å². The number of aldehydes is 1. The summed E-state index contributed by atoms with van der Waals surface area (Å²) in [5, 5.41) is -0.306. The molecule has 2 aromatic rings. The molecular weight excluding hydrogens is 322 g/mol. The first-order valence-corrected chi connectivity index (χ1v) is 8.36. The van der Waals surface area contributed by atoms with E-state index in [1.54, 1.807) is 42.5 Å². The third kappa shape index (κ3) is 3.16. The van der Waals surface area contributed by atoms with Gasteiger partial charge in [0.15, 0.2) is 0 Å². The van der Waals surface area contributed by atoms with Crippen LogP contribution in [0, 0.1) is 0 Å². The van der Waals surface area contributed by atoms with Crippen molar-refractivity contribution in [3.8, 4) is 0 Å². The molecule has 1 fully saturated rings. The first-order chi connectivity index (χ1) is 11.6. The van der Waals surface area contributed by atoms with Crippen LogP contribution in [0.1, 0.15) is 28.4 Å². The van der Waals surface area contributed by atoms with E-state index in [4.69, 9.17) is 0 Å². The van der Waals surface area contributed by atoms with Gasteiger partial charge >= 0.3 is 0 Å². The van der Waals surface area contributed by atoms with E-state index in [9.17, 15) is 14.4 Å². The molecule has 1 heterocycles. The van der Waals surface area contributed by atoms with E-state index in [0.717, 1.165) is 35.6 Å². The molecule has 120 valence electrons. The zero-order valence-corrected chi connectivity index (χ0v) is 13.9. The van der Waals surface area contributed by atoms with Crippen molar-refractivity contribution in [2.45, 2.75) is 13.3 Å². The third-order valence-corrected chi connectivity index (χ3v) is 4.64. The van der Waals surface area contributed by atoms with E-state index in [1.165, 1.54) is 4.90 Å². The molecule has 0 atom stereocenters. The van der Waals surface area contributed by atoms with Gasteiger partial charge in [-0.3, -0.25) is 14.4 Å². The Kier molecular flexibility index (Phi) is 4.62. The molecule has 0 unspecified atom stereocenters. The van der Waals surface area contributed by atoms with Crippen LogP contribution >= 0.6 is 11.8 Å². The number of rotatable bonds is 4. The number of carbonyl (C=O) groups is 3. The lowest BCUT2D eigenvalue weighted by Crippen LogP contribution is -2.27. The van der Waals surface area contributed by atoms with Gasteiger partial charge in [0.2, 0.25) is 0 Å². The summed E-state index contributed by atoms with van der Waals surface area (Å²) in [6, 6.07) is 14.2. The zero-order valence-electron chi connectivity index (χ0n) is 13.1. The average molecular weight is 337 g/mol. The van der Waals surface area contributed by atoms with Crippen LogP contribution in [0.5, 0.6) is 0 Å². The van der Waals surface area contributed by atoms with Crippen molar-refractivity contribution >= 4 is 41.0 Å². The number of imide groups is 1. The van der Waals surface area contributed by atoms with E-state index in [2.05, 4.69) is 0 Å². The van der Waals surface area contributed by atoms with E-state index in [0.29, 0.717) is 16.2 Å². The lowest BCUT2D eigenvalue weighted by Gasteiger charge is -2.12. The fraction of sp³-hybridized carbons (Fsp3) is 0.105. The van der Waals surface area contributed by atoms with Crippen LogP contribution in [0.2, 0.25) is 0 Å². The Morgan fingerprint density at radius 1 is 0.958 bits per heavy atom. The van der Waals surface area contributed by atoms with Crippen LogP contribution in [0.25, 0.3) is 6.08 Å². The quantitative estimate of drug-likeness (QED) is 0.616.